The number of methoxy groups -OCH3 is 1. The van der Waals surface area contributed by atoms with E-state index in [-0.39, 0.29) is 19.7 Å². The Bertz CT molecular complexity index is 985. The van der Waals surface area contributed by atoms with Crippen LogP contribution >= 0.6 is 0 Å². The molecule has 1 aliphatic rings. The summed E-state index contributed by atoms with van der Waals surface area (Å²) < 4.78 is 11.6. The molecule has 30 heavy (non-hydrogen) atoms. The monoisotopic (exact) mass is 419 g/mol. The van der Waals surface area contributed by atoms with Gasteiger partial charge in [0.15, 0.2) is 12.3 Å². The number of rotatable bonds is 7. The molecule has 0 spiro atoms. The Hall–Kier alpha value is -2.79. The minimum Gasteiger partial charge on any atom is -0.387 e. The number of amides is 1. The number of aryl methyl sites for hydroxylation is 1. The van der Waals surface area contributed by atoms with Gasteiger partial charge in [0.05, 0.1) is 6.61 Å². The summed E-state index contributed by atoms with van der Waals surface area (Å²) in [6.07, 6.45) is -4.65. The van der Waals surface area contributed by atoms with Gasteiger partial charge in [-0.2, -0.15) is 0 Å². The first kappa shape index (κ1) is 21.9. The van der Waals surface area contributed by atoms with Gasteiger partial charge in [-0.15, -0.1) is 0 Å². The maximum absolute atomic E-state index is 13.1. The molecule has 0 aliphatic carbocycles. The standard InChI is InChI=1S/C20H25N3O7/c1-12-3-5-13(6-4-12)11-22(9-10-29-2)18(27)17-15(25)16(26)19(30-17)23-8-7-14(24)21-20(23)28/h3-8,15-17,19,25-26H,9-11H2,1-2H3,(H,21,24,28)/t15-,16+,17-,19+/m0/s1. The molecule has 1 saturated heterocycles. The number of aliphatic hydroxyl groups is 2. The largest absolute Gasteiger partial charge is 0.387 e. The molecule has 10 nitrogen and oxygen atoms in total. The summed E-state index contributed by atoms with van der Waals surface area (Å²) in [7, 11) is 1.51. The second kappa shape index (κ2) is 9.35. The van der Waals surface area contributed by atoms with Crippen LogP contribution < -0.4 is 11.2 Å². The van der Waals surface area contributed by atoms with Crippen molar-refractivity contribution in [2.24, 2.45) is 0 Å². The molecule has 3 rings (SSSR count). The summed E-state index contributed by atoms with van der Waals surface area (Å²) in [6.45, 7) is 2.73. The number of carbonyl (C=O) groups is 1. The quantitative estimate of drug-likeness (QED) is 0.532. The number of aromatic nitrogens is 2. The highest BCUT2D eigenvalue weighted by Gasteiger charge is 2.48. The SMILES string of the molecule is COCCN(Cc1ccc(C)cc1)C(=O)[C@H]1O[C@@H](n2ccc(=O)[nH]c2=O)[C@H](O)[C@@H]1O. The van der Waals surface area contributed by atoms with Crippen LogP contribution in [0.3, 0.4) is 0 Å². The van der Waals surface area contributed by atoms with Gasteiger partial charge in [0, 0.05) is 32.5 Å². The zero-order valence-corrected chi connectivity index (χ0v) is 16.7. The lowest BCUT2D eigenvalue weighted by molar-refractivity contribution is -0.150. The number of nitrogens with zero attached hydrogens (tertiary/aromatic N) is 2. The number of carbonyl (C=O) groups excluding carboxylic acids is 1. The number of hydrogen-bond acceptors (Lipinski definition) is 7. The molecule has 2 heterocycles. The summed E-state index contributed by atoms with van der Waals surface area (Å²) in [6, 6.07) is 8.73. The van der Waals surface area contributed by atoms with E-state index in [1.165, 1.54) is 12.0 Å². The average molecular weight is 419 g/mol. The third kappa shape index (κ3) is 4.68. The molecule has 1 aliphatic heterocycles. The topological polar surface area (TPSA) is 134 Å². The molecule has 0 radical (unpaired) electrons. The third-order valence-corrected chi connectivity index (χ3v) is 4.98. The summed E-state index contributed by atoms with van der Waals surface area (Å²) in [5.74, 6) is -0.542. The first-order valence-corrected chi connectivity index (χ1v) is 9.48. The molecule has 0 bridgehead atoms. The molecule has 162 valence electrons. The third-order valence-electron chi connectivity index (χ3n) is 4.98. The van der Waals surface area contributed by atoms with Crippen LogP contribution in [0.4, 0.5) is 0 Å². The highest BCUT2D eigenvalue weighted by Crippen LogP contribution is 2.29. The van der Waals surface area contributed by atoms with Gasteiger partial charge >= 0.3 is 5.69 Å². The van der Waals surface area contributed by atoms with Crippen molar-refractivity contribution in [2.75, 3.05) is 20.3 Å². The van der Waals surface area contributed by atoms with Gasteiger partial charge < -0.3 is 24.6 Å². The molecule has 1 fully saturated rings. The van der Waals surface area contributed by atoms with E-state index in [1.54, 1.807) is 0 Å². The van der Waals surface area contributed by atoms with Crippen molar-refractivity contribution >= 4 is 5.91 Å². The molecule has 10 heteroatoms. The van der Waals surface area contributed by atoms with Crippen LogP contribution in [0.15, 0.2) is 46.1 Å². The Morgan fingerprint density at radius 3 is 2.53 bits per heavy atom. The zero-order chi connectivity index (χ0) is 21.8. The zero-order valence-electron chi connectivity index (χ0n) is 16.7. The van der Waals surface area contributed by atoms with Crippen molar-refractivity contribution < 1.29 is 24.5 Å². The van der Waals surface area contributed by atoms with E-state index in [2.05, 4.69) is 4.98 Å². The van der Waals surface area contributed by atoms with Gasteiger partial charge in [-0.1, -0.05) is 29.8 Å². The lowest BCUT2D eigenvalue weighted by atomic mass is 10.1. The van der Waals surface area contributed by atoms with Crippen LogP contribution in [0.5, 0.6) is 0 Å². The summed E-state index contributed by atoms with van der Waals surface area (Å²) in [4.78, 5) is 39.9. The Morgan fingerprint density at radius 2 is 1.90 bits per heavy atom. The van der Waals surface area contributed by atoms with Gasteiger partial charge in [0.1, 0.15) is 12.2 Å². The lowest BCUT2D eigenvalue weighted by Gasteiger charge is -2.26. The van der Waals surface area contributed by atoms with Crippen LogP contribution in [-0.4, -0.2) is 69.1 Å². The highest BCUT2D eigenvalue weighted by molar-refractivity contribution is 5.82. The van der Waals surface area contributed by atoms with Crippen molar-refractivity contribution in [3.8, 4) is 0 Å². The van der Waals surface area contributed by atoms with Crippen LogP contribution in [-0.2, 0) is 20.8 Å². The highest BCUT2D eigenvalue weighted by atomic mass is 16.6. The number of benzene rings is 1. The first-order valence-electron chi connectivity index (χ1n) is 9.48. The van der Waals surface area contributed by atoms with Crippen LogP contribution in [0.1, 0.15) is 17.4 Å². The van der Waals surface area contributed by atoms with E-state index in [1.807, 2.05) is 31.2 Å². The molecule has 3 N–H and O–H groups in total. The predicted octanol–water partition coefficient (Wildman–Crippen LogP) is -0.861. The second-order valence-corrected chi connectivity index (χ2v) is 7.18. The molecule has 4 atom stereocenters. The van der Waals surface area contributed by atoms with Crippen molar-refractivity contribution in [1.82, 2.24) is 14.5 Å². The van der Waals surface area contributed by atoms with Crippen LogP contribution in [0, 0.1) is 6.92 Å². The minimum absolute atomic E-state index is 0.245. The average Bonchev–Trinajstić information content (AvgIpc) is 3.01. The van der Waals surface area contributed by atoms with Crippen molar-refractivity contribution in [3.05, 3.63) is 68.5 Å². The smallest absolute Gasteiger partial charge is 0.330 e. The van der Waals surface area contributed by atoms with E-state index in [0.717, 1.165) is 28.0 Å². The fraction of sp³-hybridized carbons (Fsp3) is 0.450. The Labute approximate surface area is 172 Å². The molecule has 1 aromatic heterocycles. The van der Waals surface area contributed by atoms with E-state index in [9.17, 15) is 24.6 Å². The fourth-order valence-corrected chi connectivity index (χ4v) is 3.28. The summed E-state index contributed by atoms with van der Waals surface area (Å²) in [5, 5.41) is 20.8. The number of aliphatic hydroxyl groups excluding tert-OH is 2. The number of ether oxygens (including phenoxy) is 2. The van der Waals surface area contributed by atoms with Gasteiger partial charge in [-0.05, 0) is 12.5 Å². The maximum atomic E-state index is 13.1. The number of aromatic amines is 1. The number of hydrogen-bond donors (Lipinski definition) is 3. The van der Waals surface area contributed by atoms with E-state index in [4.69, 9.17) is 9.47 Å². The van der Waals surface area contributed by atoms with Crippen LogP contribution in [0.25, 0.3) is 0 Å². The van der Waals surface area contributed by atoms with Gasteiger partial charge in [-0.3, -0.25) is 19.1 Å². The lowest BCUT2D eigenvalue weighted by Crippen LogP contribution is -2.46. The normalized spacial score (nSPS) is 23.5. The molecular weight excluding hydrogens is 394 g/mol. The van der Waals surface area contributed by atoms with Crippen LogP contribution in [0.2, 0.25) is 0 Å². The summed E-state index contributed by atoms with van der Waals surface area (Å²) in [5.41, 5.74) is 0.537. The molecule has 1 amide bonds. The van der Waals surface area contributed by atoms with E-state index < -0.39 is 41.7 Å². The Morgan fingerprint density at radius 1 is 1.20 bits per heavy atom. The Balaban J connectivity index is 1.81. The first-order chi connectivity index (χ1) is 14.3. The van der Waals surface area contributed by atoms with Crippen molar-refractivity contribution in [2.45, 2.75) is 38.0 Å². The fourth-order valence-electron chi connectivity index (χ4n) is 3.28. The molecule has 0 unspecified atom stereocenters. The van der Waals surface area contributed by atoms with Gasteiger partial charge in [0.25, 0.3) is 11.5 Å². The molecule has 1 aromatic carbocycles. The van der Waals surface area contributed by atoms with Crippen molar-refractivity contribution in [3.63, 3.8) is 0 Å². The summed E-state index contributed by atoms with van der Waals surface area (Å²) >= 11 is 0. The maximum Gasteiger partial charge on any atom is 0.330 e. The van der Waals surface area contributed by atoms with E-state index >= 15 is 0 Å². The molecular formula is C20H25N3O7. The van der Waals surface area contributed by atoms with Crippen molar-refractivity contribution in [1.29, 1.82) is 0 Å². The molecule has 0 saturated carbocycles. The van der Waals surface area contributed by atoms with Gasteiger partial charge in [-0.25, -0.2) is 4.79 Å². The van der Waals surface area contributed by atoms with Gasteiger partial charge in [0.2, 0.25) is 0 Å². The number of H-pyrrole nitrogens is 1. The Kier molecular flexibility index (Phi) is 6.83. The second-order valence-electron chi connectivity index (χ2n) is 7.18. The molecule has 2 aromatic rings. The van der Waals surface area contributed by atoms with E-state index in [0.29, 0.717) is 0 Å². The number of nitrogens with one attached hydrogen (secondary N) is 1. The predicted molar refractivity (Wildman–Crippen MR) is 106 cm³/mol. The minimum atomic E-state index is -1.55.